The van der Waals surface area contributed by atoms with E-state index in [9.17, 15) is 14.4 Å². The highest BCUT2D eigenvalue weighted by molar-refractivity contribution is 7.22. The maximum Gasteiger partial charge on any atom is 0.262 e. The molecule has 1 aliphatic rings. The van der Waals surface area contributed by atoms with Crippen LogP contribution in [-0.2, 0) is 11.3 Å². The topological polar surface area (TPSA) is 70.6 Å². The molecule has 0 saturated heterocycles. The maximum absolute atomic E-state index is 13.5. The molecule has 5 rings (SSSR count). The molecule has 2 heterocycles. The van der Waals surface area contributed by atoms with Gasteiger partial charge in [-0.1, -0.05) is 59.9 Å². The first-order valence-corrected chi connectivity index (χ1v) is 11.4. The molecule has 4 aromatic rings. The van der Waals surface area contributed by atoms with Crippen molar-refractivity contribution in [1.29, 1.82) is 0 Å². The number of fused-ring (bicyclic) bond motifs is 2. The zero-order valence-corrected chi connectivity index (χ0v) is 19.1. The van der Waals surface area contributed by atoms with E-state index in [0.29, 0.717) is 22.8 Å². The Hall–Kier alpha value is -3.84. The van der Waals surface area contributed by atoms with E-state index in [4.69, 9.17) is 4.98 Å². The van der Waals surface area contributed by atoms with Crippen molar-refractivity contribution in [2.75, 3.05) is 11.4 Å². The van der Waals surface area contributed by atoms with E-state index >= 15 is 0 Å². The summed E-state index contributed by atoms with van der Waals surface area (Å²) in [6, 6.07) is 20.3. The molecule has 3 aromatic carbocycles. The first-order valence-electron chi connectivity index (χ1n) is 10.6. The monoisotopic (exact) mass is 455 g/mol. The van der Waals surface area contributed by atoms with Crippen LogP contribution < -0.4 is 4.90 Å². The summed E-state index contributed by atoms with van der Waals surface area (Å²) < 4.78 is 0.986. The number of carbonyl (C=O) groups is 3. The van der Waals surface area contributed by atoms with Crippen LogP contribution >= 0.6 is 11.3 Å². The van der Waals surface area contributed by atoms with Crippen LogP contribution in [0.5, 0.6) is 0 Å². The van der Waals surface area contributed by atoms with Crippen LogP contribution in [0, 0.1) is 13.8 Å². The number of thiazole rings is 1. The second kappa shape index (κ2) is 8.26. The summed E-state index contributed by atoms with van der Waals surface area (Å²) in [4.78, 5) is 46.5. The van der Waals surface area contributed by atoms with Crippen molar-refractivity contribution in [3.63, 3.8) is 0 Å². The number of carbonyl (C=O) groups excluding carboxylic acids is 3. The number of hydrogen-bond donors (Lipinski definition) is 0. The van der Waals surface area contributed by atoms with E-state index in [2.05, 4.69) is 0 Å². The van der Waals surface area contributed by atoms with Crippen LogP contribution in [0.4, 0.5) is 5.13 Å². The Kier molecular flexibility index (Phi) is 5.26. The lowest BCUT2D eigenvalue weighted by molar-refractivity contribution is -0.119. The molecular formula is C26H21N3O3S. The largest absolute Gasteiger partial charge is 0.282 e. The van der Waals surface area contributed by atoms with Crippen LogP contribution in [0.2, 0.25) is 0 Å². The molecule has 0 fully saturated rings. The van der Waals surface area contributed by atoms with Crippen molar-refractivity contribution < 1.29 is 14.4 Å². The molecule has 0 N–H and O–H groups in total. The Balaban J connectivity index is 1.50. The minimum absolute atomic E-state index is 0.292. The van der Waals surface area contributed by atoms with Gasteiger partial charge < -0.3 is 0 Å². The van der Waals surface area contributed by atoms with Gasteiger partial charge in [-0.15, -0.1) is 0 Å². The van der Waals surface area contributed by atoms with Crippen molar-refractivity contribution in [1.82, 2.24) is 9.88 Å². The van der Waals surface area contributed by atoms with Crippen molar-refractivity contribution in [3.05, 3.63) is 94.5 Å². The molecule has 1 aliphatic heterocycles. The highest BCUT2D eigenvalue weighted by Gasteiger charge is 2.37. The number of aryl methyl sites for hydroxylation is 2. The zero-order valence-electron chi connectivity index (χ0n) is 18.2. The average Bonchev–Trinajstić information content (AvgIpc) is 3.36. The Bertz CT molecular complexity index is 1380. The molecule has 164 valence electrons. The predicted octanol–water partition coefficient (Wildman–Crippen LogP) is 4.74. The van der Waals surface area contributed by atoms with E-state index in [1.807, 2.05) is 56.3 Å². The van der Waals surface area contributed by atoms with E-state index in [1.165, 1.54) is 11.3 Å². The van der Waals surface area contributed by atoms with Crippen molar-refractivity contribution >= 4 is 44.4 Å². The number of imide groups is 1. The Morgan fingerprint density at radius 2 is 1.55 bits per heavy atom. The molecule has 0 saturated carbocycles. The van der Waals surface area contributed by atoms with Gasteiger partial charge in [0.15, 0.2) is 5.13 Å². The fraction of sp³-hybridized carbons (Fsp3) is 0.154. The average molecular weight is 456 g/mol. The molecule has 6 nitrogen and oxygen atoms in total. The smallest absolute Gasteiger partial charge is 0.262 e. The van der Waals surface area contributed by atoms with Crippen molar-refractivity contribution in [3.8, 4) is 0 Å². The third kappa shape index (κ3) is 3.70. The zero-order chi connectivity index (χ0) is 23.1. The number of benzene rings is 3. The van der Waals surface area contributed by atoms with Gasteiger partial charge in [-0.2, -0.15) is 0 Å². The van der Waals surface area contributed by atoms with Crippen molar-refractivity contribution in [2.45, 2.75) is 20.4 Å². The summed E-state index contributed by atoms with van der Waals surface area (Å²) in [6.07, 6.45) is 0. The summed E-state index contributed by atoms with van der Waals surface area (Å²) >= 11 is 1.43. The maximum atomic E-state index is 13.5. The molecule has 0 radical (unpaired) electrons. The second-order valence-electron chi connectivity index (χ2n) is 8.06. The van der Waals surface area contributed by atoms with Crippen LogP contribution in [0.1, 0.15) is 37.4 Å². The van der Waals surface area contributed by atoms with Gasteiger partial charge in [0.2, 0.25) is 5.91 Å². The Morgan fingerprint density at radius 3 is 2.21 bits per heavy atom. The van der Waals surface area contributed by atoms with Gasteiger partial charge in [-0.3, -0.25) is 24.2 Å². The number of anilines is 1. The molecule has 33 heavy (non-hydrogen) atoms. The highest BCUT2D eigenvalue weighted by atomic mass is 32.1. The summed E-state index contributed by atoms with van der Waals surface area (Å²) in [6.45, 7) is 4.00. The fourth-order valence-electron chi connectivity index (χ4n) is 3.96. The summed E-state index contributed by atoms with van der Waals surface area (Å²) in [5.41, 5.74) is 4.66. The predicted molar refractivity (Wildman–Crippen MR) is 129 cm³/mol. The van der Waals surface area contributed by atoms with Gasteiger partial charge in [0.1, 0.15) is 6.54 Å². The Morgan fingerprint density at radius 1 is 0.909 bits per heavy atom. The molecule has 0 spiro atoms. The molecule has 3 amide bonds. The molecular weight excluding hydrogens is 434 g/mol. The van der Waals surface area contributed by atoms with Crippen LogP contribution in [0.15, 0.2) is 66.7 Å². The SMILES string of the molecule is Cc1ccc2sc(N(Cc3ccccc3)C(=O)CN3C(=O)c4ccccc4C3=O)nc2c1C. The second-order valence-corrected chi connectivity index (χ2v) is 9.07. The molecule has 1 aromatic heterocycles. The third-order valence-corrected chi connectivity index (χ3v) is 7.00. The highest BCUT2D eigenvalue weighted by Crippen LogP contribution is 2.33. The minimum Gasteiger partial charge on any atom is -0.282 e. The molecule has 0 unspecified atom stereocenters. The number of amides is 3. The number of hydrogen-bond acceptors (Lipinski definition) is 5. The van der Waals surface area contributed by atoms with Crippen LogP contribution in [0.25, 0.3) is 10.2 Å². The fourth-order valence-corrected chi connectivity index (χ4v) is 5.00. The summed E-state index contributed by atoms with van der Waals surface area (Å²) in [5.74, 6) is -1.25. The van der Waals surface area contributed by atoms with Gasteiger partial charge in [-0.25, -0.2) is 4.98 Å². The number of aromatic nitrogens is 1. The lowest BCUT2D eigenvalue weighted by atomic mass is 10.1. The van der Waals surface area contributed by atoms with Gasteiger partial charge in [0.25, 0.3) is 11.8 Å². The quantitative estimate of drug-likeness (QED) is 0.408. The standard InChI is InChI=1S/C26H21N3O3S/c1-16-12-13-21-23(17(16)2)27-26(33-21)28(14-18-8-4-3-5-9-18)22(30)15-29-24(31)19-10-6-7-11-20(19)25(29)32/h3-13H,14-15H2,1-2H3. The van der Waals surface area contributed by atoms with Crippen LogP contribution in [0.3, 0.4) is 0 Å². The first-order chi connectivity index (χ1) is 15.9. The summed E-state index contributed by atoms with van der Waals surface area (Å²) in [7, 11) is 0. The van der Waals surface area contributed by atoms with E-state index in [-0.39, 0.29) is 12.5 Å². The first kappa shape index (κ1) is 21.0. The lowest BCUT2D eigenvalue weighted by Gasteiger charge is -2.22. The molecule has 0 atom stereocenters. The van der Waals surface area contributed by atoms with E-state index in [1.54, 1.807) is 29.2 Å². The third-order valence-electron chi connectivity index (χ3n) is 5.96. The number of nitrogens with zero attached hydrogens (tertiary/aromatic N) is 3. The van der Waals surface area contributed by atoms with Gasteiger partial charge >= 0.3 is 0 Å². The van der Waals surface area contributed by atoms with E-state index in [0.717, 1.165) is 31.8 Å². The normalized spacial score (nSPS) is 13.0. The lowest BCUT2D eigenvalue weighted by Crippen LogP contribution is -2.42. The van der Waals surface area contributed by atoms with Crippen molar-refractivity contribution in [2.24, 2.45) is 0 Å². The summed E-state index contributed by atoms with van der Waals surface area (Å²) in [5, 5.41) is 0.546. The van der Waals surface area contributed by atoms with Gasteiger partial charge in [0.05, 0.1) is 27.9 Å². The van der Waals surface area contributed by atoms with Gasteiger partial charge in [-0.05, 0) is 48.7 Å². The van der Waals surface area contributed by atoms with Crippen LogP contribution in [-0.4, -0.2) is 34.2 Å². The molecule has 7 heteroatoms. The Labute approximate surface area is 195 Å². The number of rotatable bonds is 5. The van der Waals surface area contributed by atoms with E-state index < -0.39 is 11.8 Å². The molecule has 0 bridgehead atoms. The molecule has 0 aliphatic carbocycles. The minimum atomic E-state index is -0.445. The van der Waals surface area contributed by atoms with Gasteiger partial charge in [0, 0.05) is 0 Å².